The summed E-state index contributed by atoms with van der Waals surface area (Å²) >= 11 is 0. The van der Waals surface area contributed by atoms with Gasteiger partial charge in [0.2, 0.25) is 5.52 Å². The van der Waals surface area contributed by atoms with Crippen molar-refractivity contribution in [3.63, 3.8) is 0 Å². The molecule has 43 heavy (non-hydrogen) atoms. The van der Waals surface area contributed by atoms with E-state index in [1.165, 1.54) is 0 Å². The predicted molar refractivity (Wildman–Crippen MR) is 167 cm³/mol. The van der Waals surface area contributed by atoms with Crippen LogP contribution in [0.3, 0.4) is 0 Å². The number of rotatable bonds is 9. The molecule has 3 fully saturated rings. The molecule has 1 aromatic heterocycles. The SMILES string of the molecule is C=C[C@H]1CN2CC[C@H]1C[C@H]2[C@H](OC(=O)c1ccccc1)c1cc[n+](/C(O)=C/c2ccc(OC)cc2)c2ccc(OC)cc12. The van der Waals surface area contributed by atoms with Gasteiger partial charge in [0, 0.05) is 24.2 Å². The monoisotopic (exact) mass is 577 g/mol. The molecule has 5 atom stereocenters. The fourth-order valence-electron chi connectivity index (χ4n) is 6.57. The number of methoxy groups -OCH3 is 2. The Bertz CT molecular complexity index is 1650. The summed E-state index contributed by atoms with van der Waals surface area (Å²) in [7, 11) is 3.25. The second-order valence-electron chi connectivity index (χ2n) is 11.2. The zero-order valence-corrected chi connectivity index (χ0v) is 24.6. The molecule has 4 heterocycles. The summed E-state index contributed by atoms with van der Waals surface area (Å²) in [4.78, 5) is 16.0. The van der Waals surface area contributed by atoms with Crippen LogP contribution in [0.25, 0.3) is 22.9 Å². The average molecular weight is 578 g/mol. The molecule has 3 aromatic carbocycles. The molecule has 0 spiro atoms. The number of piperidine rings is 3. The van der Waals surface area contributed by atoms with Crippen LogP contribution in [-0.2, 0) is 4.74 Å². The van der Waals surface area contributed by atoms with Crippen LogP contribution in [0.1, 0.15) is 40.4 Å². The van der Waals surface area contributed by atoms with Crippen LogP contribution in [-0.4, -0.2) is 49.3 Å². The van der Waals surface area contributed by atoms with Crippen LogP contribution in [0.2, 0.25) is 0 Å². The number of benzene rings is 3. The van der Waals surface area contributed by atoms with Crippen molar-refractivity contribution >= 4 is 28.8 Å². The largest absolute Gasteiger partial charge is 0.497 e. The summed E-state index contributed by atoms with van der Waals surface area (Å²) in [5.74, 6) is 2.05. The third kappa shape index (κ3) is 5.73. The van der Waals surface area contributed by atoms with Crippen LogP contribution < -0.4 is 14.0 Å². The summed E-state index contributed by atoms with van der Waals surface area (Å²) in [6.07, 6.45) is 7.11. The van der Waals surface area contributed by atoms with E-state index in [1.54, 1.807) is 37.0 Å². The lowest BCUT2D eigenvalue weighted by Crippen LogP contribution is -2.55. The first-order valence-corrected chi connectivity index (χ1v) is 14.7. The van der Waals surface area contributed by atoms with E-state index in [1.807, 2.05) is 72.9 Å². The molecule has 0 aliphatic carbocycles. The third-order valence-corrected chi connectivity index (χ3v) is 8.89. The van der Waals surface area contributed by atoms with E-state index in [4.69, 9.17) is 14.2 Å². The lowest BCUT2D eigenvalue weighted by atomic mass is 9.73. The molecule has 1 unspecified atom stereocenters. The zero-order chi connectivity index (χ0) is 29.9. The molecule has 7 nitrogen and oxygen atoms in total. The van der Waals surface area contributed by atoms with Crippen molar-refractivity contribution in [3.05, 3.63) is 114 Å². The molecule has 1 N–H and O–H groups in total. The first-order chi connectivity index (χ1) is 21.0. The lowest BCUT2D eigenvalue weighted by Gasteiger charge is -2.51. The van der Waals surface area contributed by atoms with Crippen LogP contribution in [0.5, 0.6) is 11.5 Å². The molecule has 0 amide bonds. The maximum Gasteiger partial charge on any atom is 0.371 e. The number of hydrogen-bond donors (Lipinski definition) is 1. The fraction of sp³-hybridized carbons (Fsp3) is 0.278. The number of ether oxygens (including phenoxy) is 3. The van der Waals surface area contributed by atoms with Gasteiger partial charge >= 0.3 is 11.9 Å². The number of carbonyl (C=O) groups excluding carboxylic acids is 1. The quantitative estimate of drug-likeness (QED) is 0.107. The van der Waals surface area contributed by atoms with Gasteiger partial charge in [0.25, 0.3) is 0 Å². The van der Waals surface area contributed by atoms with Crippen molar-refractivity contribution in [2.75, 3.05) is 27.3 Å². The minimum Gasteiger partial charge on any atom is -0.497 e. The highest BCUT2D eigenvalue weighted by molar-refractivity contribution is 5.90. The molecule has 7 rings (SSSR count). The summed E-state index contributed by atoms with van der Waals surface area (Å²) < 4.78 is 19.1. The molecule has 3 aliphatic heterocycles. The maximum absolute atomic E-state index is 13.5. The predicted octanol–water partition coefficient (Wildman–Crippen LogP) is 6.45. The van der Waals surface area contributed by atoms with E-state index in [9.17, 15) is 9.90 Å². The molecular formula is C36H37N2O5+. The Morgan fingerprint density at radius 3 is 2.44 bits per heavy atom. The molecule has 7 heteroatoms. The number of fused-ring (bicyclic) bond motifs is 4. The number of aliphatic hydroxyl groups excluding tert-OH is 1. The molecule has 3 aliphatic rings. The van der Waals surface area contributed by atoms with Gasteiger partial charge in [-0.2, -0.15) is 0 Å². The zero-order valence-electron chi connectivity index (χ0n) is 24.6. The van der Waals surface area contributed by atoms with E-state index in [0.29, 0.717) is 23.1 Å². The third-order valence-electron chi connectivity index (χ3n) is 8.89. The average Bonchev–Trinajstić information content (AvgIpc) is 3.07. The Balaban J connectivity index is 1.45. The number of hydrogen-bond acceptors (Lipinski definition) is 6. The minimum atomic E-state index is -0.529. The van der Waals surface area contributed by atoms with Crippen LogP contribution in [0.15, 0.2) is 97.7 Å². The van der Waals surface area contributed by atoms with Gasteiger partial charge in [-0.1, -0.05) is 36.4 Å². The normalized spacial score (nSPS) is 22.1. The van der Waals surface area contributed by atoms with Crippen molar-refractivity contribution in [3.8, 4) is 11.5 Å². The van der Waals surface area contributed by atoms with Crippen molar-refractivity contribution in [2.24, 2.45) is 11.8 Å². The Labute approximate surface area is 252 Å². The van der Waals surface area contributed by atoms with Gasteiger partial charge in [-0.15, -0.1) is 11.1 Å². The van der Waals surface area contributed by atoms with Gasteiger partial charge < -0.3 is 19.3 Å². The van der Waals surface area contributed by atoms with Crippen LogP contribution >= 0.6 is 0 Å². The summed E-state index contributed by atoms with van der Waals surface area (Å²) in [6.45, 7) is 5.94. The van der Waals surface area contributed by atoms with E-state index in [0.717, 1.165) is 53.7 Å². The Morgan fingerprint density at radius 2 is 1.77 bits per heavy atom. The first kappa shape index (κ1) is 28.5. The molecule has 0 radical (unpaired) electrons. The van der Waals surface area contributed by atoms with Gasteiger partial charge in [0.15, 0.2) is 6.20 Å². The highest BCUT2D eigenvalue weighted by Gasteiger charge is 2.44. The number of carbonyl (C=O) groups is 1. The van der Waals surface area contributed by atoms with Crippen molar-refractivity contribution in [2.45, 2.75) is 25.0 Å². The Hall–Kier alpha value is -4.62. The highest BCUT2D eigenvalue weighted by Crippen LogP contribution is 2.44. The van der Waals surface area contributed by atoms with Crippen molar-refractivity contribution in [1.82, 2.24) is 4.90 Å². The summed E-state index contributed by atoms with van der Waals surface area (Å²) in [5.41, 5.74) is 2.98. The highest BCUT2D eigenvalue weighted by atomic mass is 16.5. The standard InChI is InChI=1S/C36H36N2O5/c1-4-25-23-37-18-16-27(25)21-33(37)35(43-36(40)26-8-6-5-7-9-26)30-17-19-38(32-15-14-29(42-3)22-31(30)32)34(39)20-24-10-12-28(41-2)13-11-24/h4-15,17,19-20,22,25,27,33,35H,1,16,18,21,23H2,2-3H3/p+1/b34-20-/t25-,27-,33-,35+/m0/s1. The second kappa shape index (κ2) is 12.3. The van der Waals surface area contributed by atoms with E-state index in [2.05, 4.69) is 17.6 Å². The second-order valence-corrected chi connectivity index (χ2v) is 11.2. The number of esters is 1. The smallest absolute Gasteiger partial charge is 0.371 e. The summed E-state index contributed by atoms with van der Waals surface area (Å²) in [6, 6.07) is 24.3. The van der Waals surface area contributed by atoms with Gasteiger partial charge in [-0.3, -0.25) is 4.90 Å². The maximum atomic E-state index is 13.5. The Morgan fingerprint density at radius 1 is 1.02 bits per heavy atom. The van der Waals surface area contributed by atoms with Crippen molar-refractivity contribution < 1.29 is 28.7 Å². The topological polar surface area (TPSA) is 72.1 Å². The van der Waals surface area contributed by atoms with E-state index >= 15 is 0 Å². The molecule has 4 aromatic rings. The Kier molecular flexibility index (Phi) is 8.16. The fourth-order valence-corrected chi connectivity index (χ4v) is 6.57. The first-order valence-electron chi connectivity index (χ1n) is 14.7. The molecule has 220 valence electrons. The van der Waals surface area contributed by atoms with E-state index < -0.39 is 6.10 Å². The molecular weight excluding hydrogens is 540 g/mol. The van der Waals surface area contributed by atoms with Gasteiger partial charge in [0.1, 0.15) is 17.6 Å². The van der Waals surface area contributed by atoms with Gasteiger partial charge in [-0.05, 0) is 73.2 Å². The number of aliphatic hydroxyl groups is 1. The van der Waals surface area contributed by atoms with Crippen LogP contribution in [0, 0.1) is 11.8 Å². The minimum absolute atomic E-state index is 0.0105. The van der Waals surface area contributed by atoms with E-state index in [-0.39, 0.29) is 17.9 Å². The van der Waals surface area contributed by atoms with Gasteiger partial charge in [-0.25, -0.2) is 4.79 Å². The molecule has 2 bridgehead atoms. The molecule has 3 saturated heterocycles. The van der Waals surface area contributed by atoms with Gasteiger partial charge in [0.05, 0.1) is 37.3 Å². The summed E-state index contributed by atoms with van der Waals surface area (Å²) in [5, 5.41) is 12.1. The lowest BCUT2D eigenvalue weighted by molar-refractivity contribution is -0.570. The molecule has 0 saturated carbocycles. The van der Waals surface area contributed by atoms with Crippen LogP contribution in [0.4, 0.5) is 0 Å². The number of nitrogens with zero attached hydrogens (tertiary/aromatic N) is 2. The van der Waals surface area contributed by atoms with Crippen molar-refractivity contribution in [1.29, 1.82) is 0 Å². The number of aromatic nitrogens is 1. The number of pyridine rings is 1.